The number of hydrogen-bond donors (Lipinski definition) is 5. The highest BCUT2D eigenvalue weighted by Crippen LogP contribution is 2.35. The summed E-state index contributed by atoms with van der Waals surface area (Å²) in [7, 11) is -3.69. The minimum Gasteiger partial charge on any atom is -0.492 e. The second-order valence-electron chi connectivity index (χ2n) is 8.29. The summed E-state index contributed by atoms with van der Waals surface area (Å²) in [6, 6.07) is 19.9. The Morgan fingerprint density at radius 1 is 1.08 bits per heavy atom. The molecule has 1 atom stereocenters. The molecule has 0 saturated heterocycles. The minimum absolute atomic E-state index is 0.00405. The summed E-state index contributed by atoms with van der Waals surface area (Å²) in [6.45, 7) is 3.49. The number of sulfonamides is 1. The fourth-order valence-electron chi connectivity index (χ4n) is 3.59. The van der Waals surface area contributed by atoms with E-state index in [1.165, 1.54) is 19.1 Å². The number of nitrogens with two attached hydrogens (primary N) is 1. The van der Waals surface area contributed by atoms with Crippen molar-refractivity contribution in [3.05, 3.63) is 89.5 Å². The van der Waals surface area contributed by atoms with Crippen LogP contribution in [0.25, 0.3) is 0 Å². The van der Waals surface area contributed by atoms with Gasteiger partial charge in [0.25, 0.3) is 0 Å². The fraction of sp³-hybridized carbons (Fsp3) is 0.231. The van der Waals surface area contributed by atoms with Crippen LogP contribution in [-0.2, 0) is 26.8 Å². The molecule has 36 heavy (non-hydrogen) atoms. The third-order valence-electron chi connectivity index (χ3n) is 5.71. The molecule has 3 aromatic rings. The van der Waals surface area contributed by atoms with Gasteiger partial charge < -0.3 is 20.9 Å². The average molecular weight is 511 g/mol. The first-order valence-corrected chi connectivity index (χ1v) is 12.8. The van der Waals surface area contributed by atoms with Gasteiger partial charge >= 0.3 is 5.97 Å². The normalized spacial score (nSPS) is 12.9. The lowest BCUT2D eigenvalue weighted by Crippen LogP contribution is -2.41. The number of amidine groups is 1. The molecule has 6 N–H and O–H groups in total. The molecule has 0 heterocycles. The summed E-state index contributed by atoms with van der Waals surface area (Å²) in [5.41, 5.74) is 6.30. The summed E-state index contributed by atoms with van der Waals surface area (Å²) >= 11 is 0. The molecule has 3 aromatic carbocycles. The van der Waals surface area contributed by atoms with Crippen LogP contribution in [0.3, 0.4) is 0 Å². The van der Waals surface area contributed by atoms with Gasteiger partial charge in [0.1, 0.15) is 18.2 Å². The maximum atomic E-state index is 12.5. The van der Waals surface area contributed by atoms with Crippen LogP contribution in [0.4, 0.5) is 5.69 Å². The SMILES string of the molecule is CCc1ccc(OCCNS(=O)(=O)c2ccccc2)c(C(C)(Nc2ccc(C(=N)N)cc2)C(=O)O)c1. The molecule has 0 bridgehead atoms. The molecule has 0 aliphatic heterocycles. The lowest BCUT2D eigenvalue weighted by atomic mass is 9.89. The molecule has 0 saturated carbocycles. The van der Waals surface area contributed by atoms with Crippen molar-refractivity contribution in [1.82, 2.24) is 4.72 Å². The Labute approximate surface area is 210 Å². The maximum absolute atomic E-state index is 12.5. The Balaban J connectivity index is 1.82. The van der Waals surface area contributed by atoms with E-state index in [-0.39, 0.29) is 23.9 Å². The van der Waals surface area contributed by atoms with Crippen LogP contribution in [0.5, 0.6) is 5.75 Å². The third kappa shape index (κ3) is 6.21. The predicted molar refractivity (Wildman–Crippen MR) is 139 cm³/mol. The van der Waals surface area contributed by atoms with Gasteiger partial charge in [-0.2, -0.15) is 0 Å². The zero-order valence-corrected chi connectivity index (χ0v) is 20.9. The van der Waals surface area contributed by atoms with E-state index < -0.39 is 21.5 Å². The number of carboxylic acids is 1. The number of rotatable bonds is 12. The summed E-state index contributed by atoms with van der Waals surface area (Å²) < 4.78 is 33.2. The second-order valence-corrected chi connectivity index (χ2v) is 10.1. The highest BCUT2D eigenvalue weighted by Gasteiger charge is 2.38. The van der Waals surface area contributed by atoms with Crippen molar-refractivity contribution in [3.63, 3.8) is 0 Å². The van der Waals surface area contributed by atoms with Crippen molar-refractivity contribution < 1.29 is 23.1 Å². The standard InChI is InChI=1S/C26H30N4O5S/c1-3-18-9-14-23(35-16-15-29-36(33,34)21-7-5-4-6-8-21)22(17-18)26(2,25(31)32)30-20-12-10-19(11-13-20)24(27)28/h4-14,17,29-30H,3,15-16H2,1-2H3,(H3,27,28)(H,31,32). The first kappa shape index (κ1) is 26.7. The highest BCUT2D eigenvalue weighted by atomic mass is 32.2. The molecule has 0 amide bonds. The lowest BCUT2D eigenvalue weighted by Gasteiger charge is -2.30. The monoisotopic (exact) mass is 510 g/mol. The summed E-state index contributed by atoms with van der Waals surface area (Å²) in [5, 5.41) is 20.8. The summed E-state index contributed by atoms with van der Waals surface area (Å²) in [4.78, 5) is 12.7. The molecule has 0 spiro atoms. The van der Waals surface area contributed by atoms with E-state index >= 15 is 0 Å². The maximum Gasteiger partial charge on any atom is 0.333 e. The number of nitrogens with one attached hydrogen (secondary N) is 3. The molecule has 0 aliphatic rings. The number of aryl methyl sites for hydroxylation is 1. The average Bonchev–Trinajstić information content (AvgIpc) is 2.87. The Morgan fingerprint density at radius 3 is 2.33 bits per heavy atom. The van der Waals surface area contributed by atoms with E-state index in [9.17, 15) is 18.3 Å². The van der Waals surface area contributed by atoms with Gasteiger partial charge in [0.2, 0.25) is 10.0 Å². The number of aliphatic carboxylic acids is 1. The molecule has 0 aromatic heterocycles. The number of nitrogen functional groups attached to an aromatic ring is 1. The van der Waals surface area contributed by atoms with Crippen LogP contribution >= 0.6 is 0 Å². The topological polar surface area (TPSA) is 155 Å². The first-order chi connectivity index (χ1) is 17.1. The van der Waals surface area contributed by atoms with Crippen molar-refractivity contribution in [2.24, 2.45) is 5.73 Å². The molecule has 9 nitrogen and oxygen atoms in total. The van der Waals surface area contributed by atoms with Gasteiger partial charge in [0, 0.05) is 23.4 Å². The molecule has 0 aliphatic carbocycles. The van der Waals surface area contributed by atoms with Crippen LogP contribution in [0.1, 0.15) is 30.5 Å². The van der Waals surface area contributed by atoms with Gasteiger partial charge in [-0.15, -0.1) is 0 Å². The van der Waals surface area contributed by atoms with Crippen molar-refractivity contribution in [2.75, 3.05) is 18.5 Å². The van der Waals surface area contributed by atoms with Crippen LogP contribution in [0.2, 0.25) is 0 Å². The van der Waals surface area contributed by atoms with Crippen molar-refractivity contribution in [2.45, 2.75) is 30.7 Å². The first-order valence-electron chi connectivity index (χ1n) is 11.3. The Bertz CT molecular complexity index is 1330. The zero-order valence-electron chi connectivity index (χ0n) is 20.1. The van der Waals surface area contributed by atoms with Crippen LogP contribution in [0, 0.1) is 5.41 Å². The van der Waals surface area contributed by atoms with E-state index in [1.54, 1.807) is 54.6 Å². The van der Waals surface area contributed by atoms with Crippen LogP contribution in [0.15, 0.2) is 77.7 Å². The zero-order chi connectivity index (χ0) is 26.3. The third-order valence-corrected chi connectivity index (χ3v) is 7.19. The molecule has 3 rings (SSSR count). The van der Waals surface area contributed by atoms with Gasteiger partial charge in [-0.1, -0.05) is 31.2 Å². The van der Waals surface area contributed by atoms with Gasteiger partial charge in [-0.05, 0) is 67.4 Å². The molecule has 1 unspecified atom stereocenters. The summed E-state index contributed by atoms with van der Waals surface area (Å²) in [6.07, 6.45) is 0.688. The number of carboxylic acid groups (broad SMARTS) is 1. The molecular formula is C26H30N4O5S. The van der Waals surface area contributed by atoms with Crippen LogP contribution in [-0.4, -0.2) is 38.5 Å². The fourth-order valence-corrected chi connectivity index (χ4v) is 4.63. The molecule has 10 heteroatoms. The predicted octanol–water partition coefficient (Wildman–Crippen LogP) is 3.30. The number of benzene rings is 3. The molecule has 0 radical (unpaired) electrons. The van der Waals surface area contributed by atoms with Gasteiger partial charge in [-0.3, -0.25) is 5.41 Å². The van der Waals surface area contributed by atoms with Crippen molar-refractivity contribution in [1.29, 1.82) is 5.41 Å². The minimum atomic E-state index is -3.69. The Morgan fingerprint density at radius 2 is 1.75 bits per heavy atom. The second kappa shape index (κ2) is 11.2. The number of ether oxygens (including phenoxy) is 1. The number of carbonyl (C=O) groups is 1. The quantitative estimate of drug-likeness (QED) is 0.142. The molecular weight excluding hydrogens is 480 g/mol. The smallest absolute Gasteiger partial charge is 0.333 e. The van der Waals surface area contributed by atoms with E-state index in [0.29, 0.717) is 29.0 Å². The van der Waals surface area contributed by atoms with E-state index in [2.05, 4.69) is 10.0 Å². The number of hydrogen-bond acceptors (Lipinski definition) is 6. The van der Waals surface area contributed by atoms with Crippen molar-refractivity contribution in [3.8, 4) is 5.75 Å². The van der Waals surface area contributed by atoms with Gasteiger partial charge in [-0.25, -0.2) is 17.9 Å². The highest BCUT2D eigenvalue weighted by molar-refractivity contribution is 7.89. The number of anilines is 1. The van der Waals surface area contributed by atoms with Gasteiger partial charge in [0.05, 0.1) is 4.90 Å². The van der Waals surface area contributed by atoms with Crippen molar-refractivity contribution >= 4 is 27.5 Å². The lowest BCUT2D eigenvalue weighted by molar-refractivity contribution is -0.142. The largest absolute Gasteiger partial charge is 0.492 e. The van der Waals surface area contributed by atoms with E-state index in [0.717, 1.165) is 5.56 Å². The van der Waals surface area contributed by atoms with E-state index in [4.69, 9.17) is 15.9 Å². The summed E-state index contributed by atoms with van der Waals surface area (Å²) in [5.74, 6) is -0.887. The molecule has 0 fully saturated rings. The molecule has 190 valence electrons. The Kier molecular flexibility index (Phi) is 8.33. The Hall–Kier alpha value is -3.89. The van der Waals surface area contributed by atoms with E-state index in [1.807, 2.05) is 13.0 Å². The van der Waals surface area contributed by atoms with Gasteiger partial charge in [0.15, 0.2) is 5.54 Å². The van der Waals surface area contributed by atoms with Crippen LogP contribution < -0.4 is 20.5 Å².